The Bertz CT molecular complexity index is 399. The SMILES string of the molecule is Cl.NCC1CCCC1NC(=O)Cc1ccc(Br)s1. The summed E-state index contributed by atoms with van der Waals surface area (Å²) in [6.45, 7) is 0.676. The predicted octanol–water partition coefficient (Wildman–Crippen LogP) is 2.72. The van der Waals surface area contributed by atoms with Crippen molar-refractivity contribution in [3.8, 4) is 0 Å². The van der Waals surface area contributed by atoms with Crippen molar-refractivity contribution in [2.24, 2.45) is 11.7 Å². The summed E-state index contributed by atoms with van der Waals surface area (Å²) in [6, 6.07) is 4.26. The molecule has 0 aliphatic heterocycles. The monoisotopic (exact) mass is 352 g/mol. The van der Waals surface area contributed by atoms with E-state index in [1.807, 2.05) is 12.1 Å². The average molecular weight is 354 g/mol. The molecule has 1 saturated carbocycles. The average Bonchev–Trinajstić information content (AvgIpc) is 2.87. The van der Waals surface area contributed by atoms with Crippen LogP contribution in [0.1, 0.15) is 24.1 Å². The number of rotatable bonds is 4. The maximum atomic E-state index is 11.9. The molecule has 1 fully saturated rings. The fraction of sp³-hybridized carbons (Fsp3) is 0.583. The quantitative estimate of drug-likeness (QED) is 0.874. The molecule has 0 bridgehead atoms. The van der Waals surface area contributed by atoms with E-state index in [4.69, 9.17) is 5.73 Å². The van der Waals surface area contributed by atoms with E-state index < -0.39 is 0 Å². The molecule has 0 radical (unpaired) electrons. The van der Waals surface area contributed by atoms with Gasteiger partial charge in [0.25, 0.3) is 0 Å². The van der Waals surface area contributed by atoms with Gasteiger partial charge in [0.2, 0.25) is 5.91 Å². The van der Waals surface area contributed by atoms with E-state index in [-0.39, 0.29) is 24.4 Å². The Hall–Kier alpha value is -0.100. The van der Waals surface area contributed by atoms with Crippen LogP contribution in [0, 0.1) is 5.92 Å². The fourth-order valence-corrected chi connectivity index (χ4v) is 3.85. The van der Waals surface area contributed by atoms with Crippen LogP contribution in [0.5, 0.6) is 0 Å². The molecule has 2 atom stereocenters. The number of nitrogens with two attached hydrogens (primary N) is 1. The summed E-state index contributed by atoms with van der Waals surface area (Å²) in [7, 11) is 0. The molecule has 0 spiro atoms. The highest BCUT2D eigenvalue weighted by molar-refractivity contribution is 9.11. The van der Waals surface area contributed by atoms with Gasteiger partial charge in [-0.25, -0.2) is 0 Å². The van der Waals surface area contributed by atoms with Crippen LogP contribution in [0.25, 0.3) is 0 Å². The Kier molecular flexibility index (Phi) is 6.63. The van der Waals surface area contributed by atoms with E-state index in [0.717, 1.165) is 21.5 Å². The number of nitrogens with one attached hydrogen (secondary N) is 1. The minimum Gasteiger partial charge on any atom is -0.353 e. The first-order valence-electron chi connectivity index (χ1n) is 5.92. The van der Waals surface area contributed by atoms with Crippen molar-refractivity contribution in [3.05, 3.63) is 20.8 Å². The maximum absolute atomic E-state index is 11.9. The molecule has 3 nitrogen and oxygen atoms in total. The van der Waals surface area contributed by atoms with Gasteiger partial charge in [0, 0.05) is 10.9 Å². The highest BCUT2D eigenvalue weighted by Crippen LogP contribution is 2.25. The molecular formula is C12H18BrClN2OS. The molecule has 1 heterocycles. The Morgan fingerprint density at radius 2 is 2.28 bits per heavy atom. The molecule has 1 aliphatic carbocycles. The van der Waals surface area contributed by atoms with Gasteiger partial charge in [0.05, 0.1) is 10.2 Å². The second-order valence-corrected chi connectivity index (χ2v) is 7.03. The molecule has 102 valence electrons. The van der Waals surface area contributed by atoms with Crippen LogP contribution >= 0.6 is 39.7 Å². The zero-order valence-corrected chi connectivity index (χ0v) is 13.2. The van der Waals surface area contributed by atoms with Crippen LogP contribution in [-0.2, 0) is 11.2 Å². The Morgan fingerprint density at radius 1 is 1.50 bits per heavy atom. The van der Waals surface area contributed by atoms with Crippen molar-refractivity contribution in [1.29, 1.82) is 0 Å². The largest absolute Gasteiger partial charge is 0.353 e. The summed E-state index contributed by atoms with van der Waals surface area (Å²) in [5.41, 5.74) is 5.70. The summed E-state index contributed by atoms with van der Waals surface area (Å²) < 4.78 is 1.07. The molecule has 3 N–H and O–H groups in total. The van der Waals surface area contributed by atoms with Gasteiger partial charge >= 0.3 is 0 Å². The molecule has 18 heavy (non-hydrogen) atoms. The van der Waals surface area contributed by atoms with Crippen molar-refractivity contribution in [2.45, 2.75) is 31.7 Å². The number of hydrogen-bond donors (Lipinski definition) is 2. The molecule has 0 saturated heterocycles. The Balaban J connectivity index is 0.00000162. The minimum absolute atomic E-state index is 0. The third kappa shape index (κ3) is 4.23. The highest BCUT2D eigenvalue weighted by atomic mass is 79.9. The summed E-state index contributed by atoms with van der Waals surface area (Å²) in [5.74, 6) is 0.582. The third-order valence-corrected chi connectivity index (χ3v) is 4.90. The zero-order valence-electron chi connectivity index (χ0n) is 10.0. The Labute approximate surface area is 126 Å². The number of carbonyl (C=O) groups is 1. The summed E-state index contributed by atoms with van der Waals surface area (Å²) in [4.78, 5) is 13.0. The zero-order chi connectivity index (χ0) is 12.3. The second-order valence-electron chi connectivity index (χ2n) is 4.48. The van der Waals surface area contributed by atoms with Gasteiger partial charge in [-0.05, 0) is 53.4 Å². The van der Waals surface area contributed by atoms with Gasteiger partial charge in [-0.3, -0.25) is 4.79 Å². The number of amides is 1. The predicted molar refractivity (Wildman–Crippen MR) is 81.3 cm³/mol. The Morgan fingerprint density at radius 3 is 2.89 bits per heavy atom. The van der Waals surface area contributed by atoms with E-state index in [1.165, 1.54) is 6.42 Å². The molecule has 1 aromatic rings. The second kappa shape index (κ2) is 7.48. The highest BCUT2D eigenvalue weighted by Gasteiger charge is 2.27. The fourth-order valence-electron chi connectivity index (χ4n) is 2.37. The van der Waals surface area contributed by atoms with Gasteiger partial charge < -0.3 is 11.1 Å². The van der Waals surface area contributed by atoms with E-state index in [1.54, 1.807) is 11.3 Å². The van der Waals surface area contributed by atoms with Crippen LogP contribution in [-0.4, -0.2) is 18.5 Å². The molecule has 2 rings (SSSR count). The van der Waals surface area contributed by atoms with Crippen LogP contribution in [0.15, 0.2) is 15.9 Å². The van der Waals surface area contributed by atoms with Gasteiger partial charge in [0.15, 0.2) is 0 Å². The molecule has 1 aromatic heterocycles. The molecule has 0 aromatic carbocycles. The summed E-state index contributed by atoms with van der Waals surface area (Å²) in [6.07, 6.45) is 3.87. The number of hydrogen-bond acceptors (Lipinski definition) is 3. The lowest BCUT2D eigenvalue weighted by Crippen LogP contribution is -2.40. The number of thiophene rings is 1. The lowest BCUT2D eigenvalue weighted by molar-refractivity contribution is -0.121. The van der Waals surface area contributed by atoms with Crippen molar-refractivity contribution in [1.82, 2.24) is 5.32 Å². The van der Waals surface area contributed by atoms with Gasteiger partial charge in [-0.1, -0.05) is 6.42 Å². The van der Waals surface area contributed by atoms with E-state index in [2.05, 4.69) is 21.2 Å². The first-order valence-corrected chi connectivity index (χ1v) is 7.53. The first kappa shape index (κ1) is 16.0. The molecule has 1 aliphatic rings. The van der Waals surface area contributed by atoms with E-state index >= 15 is 0 Å². The molecule has 1 amide bonds. The van der Waals surface area contributed by atoms with Gasteiger partial charge in [0.1, 0.15) is 0 Å². The van der Waals surface area contributed by atoms with Crippen LogP contribution in [0.3, 0.4) is 0 Å². The molecular weight excluding hydrogens is 336 g/mol. The third-order valence-electron chi connectivity index (χ3n) is 3.27. The van der Waals surface area contributed by atoms with Crippen molar-refractivity contribution in [2.75, 3.05) is 6.54 Å². The van der Waals surface area contributed by atoms with Crippen molar-refractivity contribution in [3.63, 3.8) is 0 Å². The lowest BCUT2D eigenvalue weighted by Gasteiger charge is -2.19. The normalized spacial score (nSPS) is 22.6. The standard InChI is InChI=1S/C12H17BrN2OS.ClH/c13-11-5-4-9(17-11)6-12(16)15-10-3-1-2-8(10)7-14;/h4-5,8,10H,1-3,6-7,14H2,(H,15,16);1H. The van der Waals surface area contributed by atoms with Crippen molar-refractivity contribution < 1.29 is 4.79 Å². The van der Waals surface area contributed by atoms with Crippen LogP contribution < -0.4 is 11.1 Å². The first-order chi connectivity index (χ1) is 8.19. The van der Waals surface area contributed by atoms with Crippen LogP contribution in [0.2, 0.25) is 0 Å². The minimum atomic E-state index is 0. The van der Waals surface area contributed by atoms with Crippen LogP contribution in [0.4, 0.5) is 0 Å². The van der Waals surface area contributed by atoms with E-state index in [9.17, 15) is 4.79 Å². The maximum Gasteiger partial charge on any atom is 0.225 e. The molecule has 6 heteroatoms. The summed E-state index contributed by atoms with van der Waals surface area (Å²) in [5, 5.41) is 3.11. The summed E-state index contributed by atoms with van der Waals surface area (Å²) >= 11 is 5.01. The number of carbonyl (C=O) groups excluding carboxylic acids is 1. The number of halogens is 2. The van der Waals surface area contributed by atoms with Crippen molar-refractivity contribution >= 4 is 45.6 Å². The van der Waals surface area contributed by atoms with Gasteiger partial charge in [-0.15, -0.1) is 23.7 Å². The van der Waals surface area contributed by atoms with E-state index in [0.29, 0.717) is 18.9 Å². The lowest BCUT2D eigenvalue weighted by atomic mass is 10.0. The smallest absolute Gasteiger partial charge is 0.225 e. The van der Waals surface area contributed by atoms with Gasteiger partial charge in [-0.2, -0.15) is 0 Å². The molecule has 2 unspecified atom stereocenters. The topological polar surface area (TPSA) is 55.1 Å².